The summed E-state index contributed by atoms with van der Waals surface area (Å²) in [5.74, 6) is -0.621. The Morgan fingerprint density at radius 1 is 1.12 bits per heavy atom. The van der Waals surface area contributed by atoms with Crippen LogP contribution in [0.25, 0.3) is 0 Å². The van der Waals surface area contributed by atoms with Crippen molar-refractivity contribution in [2.75, 3.05) is 11.9 Å². The number of carbonyl (C=O) groups is 3. The minimum absolute atomic E-state index is 0.324. The minimum Gasteiger partial charge on any atom is -0.309 e. The zero-order valence-electron chi connectivity index (χ0n) is 13.6. The molecule has 0 bridgehead atoms. The summed E-state index contributed by atoms with van der Waals surface area (Å²) >= 11 is 3.26. The van der Waals surface area contributed by atoms with E-state index in [1.807, 2.05) is 0 Å². The molecule has 4 rings (SSSR count). The predicted octanol–water partition coefficient (Wildman–Crippen LogP) is 1.81. The van der Waals surface area contributed by atoms with Gasteiger partial charge in [-0.2, -0.15) is 0 Å². The number of anilines is 1. The quantitative estimate of drug-likeness (QED) is 0.590. The summed E-state index contributed by atoms with van der Waals surface area (Å²) in [6, 6.07) is 10.7. The number of nitrogens with one attached hydrogen (secondary N) is 2. The second kappa shape index (κ2) is 6.62. The molecule has 132 valence electrons. The zero-order valence-corrected chi connectivity index (χ0v) is 15.2. The molecule has 1 fully saturated rings. The van der Waals surface area contributed by atoms with Crippen LogP contribution in [0.1, 0.15) is 27.1 Å². The monoisotopic (exact) mass is 414 g/mol. The van der Waals surface area contributed by atoms with Crippen LogP contribution in [0.5, 0.6) is 0 Å². The van der Waals surface area contributed by atoms with E-state index in [0.717, 1.165) is 0 Å². The molecule has 2 aliphatic heterocycles. The number of imide groups is 1. The molecule has 26 heavy (non-hydrogen) atoms. The van der Waals surface area contributed by atoms with Gasteiger partial charge in [0.25, 0.3) is 11.8 Å². The maximum Gasteiger partial charge on any atom is 0.261 e. The number of benzene rings is 1. The molecule has 0 unspecified atom stereocenters. The summed E-state index contributed by atoms with van der Waals surface area (Å²) in [6.45, 7) is 0.544. The molecular weight excluding hydrogens is 400 g/mol. The number of pyridine rings is 1. The summed E-state index contributed by atoms with van der Waals surface area (Å²) in [6.07, 6.45) is 0.523. The standard InChI is InChI=1S/C18H15BrN4O3/c19-13-6-3-7-14(21-13)22-16(24)15-12(8-9-20-15)23-17(25)10-4-1-2-5-11(10)18(23)26/h1-7,12,15,20H,8-9H2,(H,21,22,24)/t12-,15+/m1/s1. The number of halogens is 1. The number of hydrogen-bond acceptors (Lipinski definition) is 5. The van der Waals surface area contributed by atoms with Gasteiger partial charge in [0.1, 0.15) is 16.5 Å². The van der Waals surface area contributed by atoms with Crippen LogP contribution < -0.4 is 10.6 Å². The molecule has 0 saturated carbocycles. The fraction of sp³-hybridized carbons (Fsp3) is 0.222. The maximum atomic E-state index is 12.7. The molecule has 2 aliphatic rings. The average molecular weight is 415 g/mol. The second-order valence-electron chi connectivity index (χ2n) is 6.15. The van der Waals surface area contributed by atoms with Gasteiger partial charge in [-0.05, 0) is 53.2 Å². The molecule has 3 amide bonds. The Hall–Kier alpha value is -2.58. The van der Waals surface area contributed by atoms with Crippen LogP contribution in [-0.2, 0) is 4.79 Å². The van der Waals surface area contributed by atoms with Gasteiger partial charge in [0.15, 0.2) is 0 Å². The lowest BCUT2D eigenvalue weighted by Gasteiger charge is -2.26. The Morgan fingerprint density at radius 3 is 2.46 bits per heavy atom. The van der Waals surface area contributed by atoms with Gasteiger partial charge >= 0.3 is 0 Å². The van der Waals surface area contributed by atoms with Gasteiger partial charge in [-0.1, -0.05) is 18.2 Å². The fourth-order valence-corrected chi connectivity index (χ4v) is 3.77. The van der Waals surface area contributed by atoms with Gasteiger partial charge in [-0.25, -0.2) is 4.98 Å². The Labute approximate surface area is 157 Å². The third kappa shape index (κ3) is 2.81. The van der Waals surface area contributed by atoms with Crippen LogP contribution in [0, 0.1) is 0 Å². The number of carbonyl (C=O) groups excluding carboxylic acids is 3. The molecule has 0 aliphatic carbocycles. The first kappa shape index (κ1) is 16.9. The van der Waals surface area contributed by atoms with E-state index in [0.29, 0.717) is 34.5 Å². The van der Waals surface area contributed by atoms with E-state index in [-0.39, 0.29) is 17.7 Å². The predicted molar refractivity (Wildman–Crippen MR) is 97.7 cm³/mol. The van der Waals surface area contributed by atoms with Crippen molar-refractivity contribution in [1.82, 2.24) is 15.2 Å². The van der Waals surface area contributed by atoms with E-state index in [2.05, 4.69) is 31.5 Å². The van der Waals surface area contributed by atoms with Crippen molar-refractivity contribution in [3.05, 3.63) is 58.2 Å². The highest BCUT2D eigenvalue weighted by molar-refractivity contribution is 9.10. The van der Waals surface area contributed by atoms with Crippen molar-refractivity contribution in [2.45, 2.75) is 18.5 Å². The van der Waals surface area contributed by atoms with Gasteiger partial charge in [-0.3, -0.25) is 19.3 Å². The van der Waals surface area contributed by atoms with Crippen molar-refractivity contribution in [1.29, 1.82) is 0 Å². The second-order valence-corrected chi connectivity index (χ2v) is 6.96. The van der Waals surface area contributed by atoms with E-state index in [1.165, 1.54) is 4.90 Å². The van der Waals surface area contributed by atoms with Crippen molar-refractivity contribution in [3.8, 4) is 0 Å². The fourth-order valence-electron chi connectivity index (χ4n) is 3.43. The van der Waals surface area contributed by atoms with Gasteiger partial charge in [0.05, 0.1) is 17.2 Å². The zero-order chi connectivity index (χ0) is 18.3. The van der Waals surface area contributed by atoms with E-state index in [9.17, 15) is 14.4 Å². The average Bonchev–Trinajstić information content (AvgIpc) is 3.19. The van der Waals surface area contributed by atoms with Gasteiger partial charge in [-0.15, -0.1) is 0 Å². The van der Waals surface area contributed by atoms with Crippen molar-refractivity contribution >= 4 is 39.5 Å². The number of aromatic nitrogens is 1. The number of nitrogens with zero attached hydrogens (tertiary/aromatic N) is 2. The summed E-state index contributed by atoms with van der Waals surface area (Å²) in [5, 5.41) is 5.83. The maximum absolute atomic E-state index is 12.7. The van der Waals surface area contributed by atoms with Crippen LogP contribution in [0.4, 0.5) is 5.82 Å². The Kier molecular flexibility index (Phi) is 4.29. The largest absolute Gasteiger partial charge is 0.309 e. The molecule has 1 saturated heterocycles. The van der Waals surface area contributed by atoms with Crippen molar-refractivity contribution in [2.24, 2.45) is 0 Å². The highest BCUT2D eigenvalue weighted by atomic mass is 79.9. The van der Waals surface area contributed by atoms with Crippen LogP contribution in [-0.4, -0.2) is 46.2 Å². The summed E-state index contributed by atoms with van der Waals surface area (Å²) in [7, 11) is 0. The summed E-state index contributed by atoms with van der Waals surface area (Å²) < 4.78 is 0.603. The molecule has 2 atom stereocenters. The van der Waals surface area contributed by atoms with Crippen LogP contribution in [0.3, 0.4) is 0 Å². The molecule has 1 aromatic carbocycles. The van der Waals surface area contributed by atoms with Gasteiger partial charge in [0, 0.05) is 0 Å². The Bertz CT molecular complexity index is 882. The third-order valence-corrected chi connectivity index (χ3v) is 5.04. The third-order valence-electron chi connectivity index (χ3n) is 4.60. The first-order valence-corrected chi connectivity index (χ1v) is 8.99. The number of amides is 3. The van der Waals surface area contributed by atoms with Crippen LogP contribution in [0.2, 0.25) is 0 Å². The molecule has 2 aromatic rings. The van der Waals surface area contributed by atoms with E-state index < -0.39 is 12.1 Å². The van der Waals surface area contributed by atoms with Crippen LogP contribution >= 0.6 is 15.9 Å². The molecule has 0 spiro atoms. The molecule has 0 radical (unpaired) electrons. The normalized spacial score (nSPS) is 21.8. The topological polar surface area (TPSA) is 91.4 Å². The minimum atomic E-state index is -0.682. The summed E-state index contributed by atoms with van der Waals surface area (Å²) in [4.78, 5) is 43.5. The van der Waals surface area contributed by atoms with Crippen LogP contribution in [0.15, 0.2) is 47.1 Å². The molecule has 1 aromatic heterocycles. The SMILES string of the molecule is O=C(Nc1cccc(Br)n1)[C@H]1NCC[C@H]1N1C(=O)c2ccccc2C1=O. The molecule has 7 nitrogen and oxygen atoms in total. The van der Waals surface area contributed by atoms with Gasteiger partial charge in [0.2, 0.25) is 5.91 Å². The highest BCUT2D eigenvalue weighted by Crippen LogP contribution is 2.28. The molecule has 3 heterocycles. The van der Waals surface area contributed by atoms with E-state index >= 15 is 0 Å². The number of rotatable bonds is 3. The Morgan fingerprint density at radius 2 is 1.81 bits per heavy atom. The molecule has 8 heteroatoms. The Balaban J connectivity index is 1.57. The molecule has 2 N–H and O–H groups in total. The lowest BCUT2D eigenvalue weighted by Crippen LogP contribution is -2.52. The molecular formula is C18H15BrN4O3. The number of fused-ring (bicyclic) bond motifs is 1. The smallest absolute Gasteiger partial charge is 0.261 e. The van der Waals surface area contributed by atoms with E-state index in [1.54, 1.807) is 42.5 Å². The summed E-state index contributed by atoms with van der Waals surface area (Å²) in [5.41, 5.74) is 0.773. The first-order chi connectivity index (χ1) is 12.6. The van der Waals surface area contributed by atoms with E-state index in [4.69, 9.17) is 0 Å². The lowest BCUT2D eigenvalue weighted by atomic mass is 10.1. The number of hydrogen-bond donors (Lipinski definition) is 2. The van der Waals surface area contributed by atoms with Gasteiger partial charge < -0.3 is 10.6 Å². The van der Waals surface area contributed by atoms with Crippen molar-refractivity contribution in [3.63, 3.8) is 0 Å². The van der Waals surface area contributed by atoms with Crippen molar-refractivity contribution < 1.29 is 14.4 Å². The lowest BCUT2D eigenvalue weighted by molar-refractivity contribution is -0.118. The first-order valence-electron chi connectivity index (χ1n) is 8.20. The highest BCUT2D eigenvalue weighted by Gasteiger charge is 2.46.